The van der Waals surface area contributed by atoms with Crippen molar-refractivity contribution in [2.45, 2.75) is 64.8 Å². The van der Waals surface area contributed by atoms with Gasteiger partial charge in [0.2, 0.25) is 5.51 Å². The fourth-order valence-corrected chi connectivity index (χ4v) is 7.58. The lowest BCUT2D eigenvalue weighted by Crippen LogP contribution is -2.50. The second-order valence-electron chi connectivity index (χ2n) is 9.15. The van der Waals surface area contributed by atoms with Crippen LogP contribution in [0.15, 0.2) is 5.51 Å². The van der Waals surface area contributed by atoms with Gasteiger partial charge in [-0.3, -0.25) is 9.35 Å². The number of rotatable bonds is 8. The van der Waals surface area contributed by atoms with Gasteiger partial charge in [0.25, 0.3) is 10.1 Å². The highest BCUT2D eigenvalue weighted by molar-refractivity contribution is 7.85. The van der Waals surface area contributed by atoms with E-state index in [0.29, 0.717) is 26.0 Å². The minimum absolute atomic E-state index is 0.0295. The zero-order chi connectivity index (χ0) is 19.9. The Morgan fingerprint density at radius 3 is 2.43 bits per heavy atom. The normalized spacial score (nSPS) is 31.3. The largest absolute Gasteiger partial charge is 0.465 e. The van der Waals surface area contributed by atoms with Crippen LogP contribution in [0.3, 0.4) is 0 Å². The number of nitrogens with zero attached hydrogens (tertiary/aromatic N) is 1. The van der Waals surface area contributed by atoms with Crippen LogP contribution in [0.1, 0.15) is 55.5 Å². The molecule has 1 N–H and O–H groups in total. The van der Waals surface area contributed by atoms with Gasteiger partial charge in [-0.15, -0.1) is 0 Å². The first kappa shape index (κ1) is 20.3. The van der Waals surface area contributed by atoms with E-state index < -0.39 is 10.1 Å². The Morgan fingerprint density at radius 1 is 1.25 bits per heavy atom. The minimum atomic E-state index is -3.91. The summed E-state index contributed by atoms with van der Waals surface area (Å²) in [5.41, 5.74) is 2.84. The lowest BCUT2D eigenvalue weighted by atomic mass is 9.49. The van der Waals surface area contributed by atoms with Gasteiger partial charge in [0.1, 0.15) is 0 Å². The van der Waals surface area contributed by atoms with Crippen LogP contribution in [0, 0.1) is 30.1 Å². The van der Waals surface area contributed by atoms with Gasteiger partial charge in [0.15, 0.2) is 12.2 Å². The molecule has 0 radical (unpaired) electrons. The van der Waals surface area contributed by atoms with Crippen molar-refractivity contribution >= 4 is 27.4 Å². The highest BCUT2D eigenvalue weighted by atomic mass is 32.2. The van der Waals surface area contributed by atoms with Gasteiger partial charge in [0, 0.05) is 19.8 Å². The second kappa shape index (κ2) is 7.69. The fraction of sp³-hybridized carbons (Fsp3) is 0.800. The SMILES string of the molecule is Cc1c(CCOC(=O)C23CC4CC(CC(C4)C2)C3)sc[n+]1CCCS(=O)(=O)O. The Hall–Kier alpha value is -0.990. The lowest BCUT2D eigenvalue weighted by Gasteiger charge is -2.55. The molecular weight excluding hydrogens is 398 g/mol. The monoisotopic (exact) mass is 428 g/mol. The van der Waals surface area contributed by atoms with Crippen molar-refractivity contribution in [2.24, 2.45) is 23.2 Å². The number of aryl methyl sites for hydroxylation is 1. The minimum Gasteiger partial charge on any atom is -0.465 e. The molecule has 4 aliphatic rings. The van der Waals surface area contributed by atoms with Gasteiger partial charge in [-0.2, -0.15) is 13.0 Å². The van der Waals surface area contributed by atoms with Crippen molar-refractivity contribution < 1.29 is 27.1 Å². The first-order valence-electron chi connectivity index (χ1n) is 10.3. The van der Waals surface area contributed by atoms with E-state index in [1.165, 1.54) is 19.3 Å². The number of ether oxygens (including phenoxy) is 1. The zero-order valence-electron chi connectivity index (χ0n) is 16.4. The quantitative estimate of drug-likeness (QED) is 0.391. The molecule has 0 atom stereocenters. The third-order valence-corrected chi connectivity index (χ3v) is 8.94. The number of hydrogen-bond acceptors (Lipinski definition) is 5. The molecule has 1 heterocycles. The van der Waals surface area contributed by atoms with E-state index in [1.54, 1.807) is 11.3 Å². The molecule has 0 saturated heterocycles. The Kier molecular flexibility index (Phi) is 5.57. The summed E-state index contributed by atoms with van der Waals surface area (Å²) in [6, 6.07) is 0. The average molecular weight is 429 g/mol. The van der Waals surface area contributed by atoms with Gasteiger partial charge in [-0.1, -0.05) is 11.3 Å². The molecule has 4 bridgehead atoms. The van der Waals surface area contributed by atoms with E-state index in [2.05, 4.69) is 0 Å². The molecule has 1 aromatic heterocycles. The molecule has 4 aliphatic carbocycles. The van der Waals surface area contributed by atoms with E-state index in [9.17, 15) is 13.2 Å². The summed E-state index contributed by atoms with van der Waals surface area (Å²) < 4.78 is 38.3. The van der Waals surface area contributed by atoms with E-state index in [-0.39, 0.29) is 17.1 Å². The lowest BCUT2D eigenvalue weighted by molar-refractivity contribution is -0.698. The number of esters is 1. The van der Waals surface area contributed by atoms with Gasteiger partial charge in [-0.25, -0.2) is 0 Å². The average Bonchev–Trinajstić information content (AvgIpc) is 2.93. The highest BCUT2D eigenvalue weighted by Crippen LogP contribution is 2.60. The van der Waals surface area contributed by atoms with Crippen LogP contribution in [0.2, 0.25) is 0 Å². The molecule has 28 heavy (non-hydrogen) atoms. The molecule has 0 amide bonds. The number of aromatic nitrogens is 1. The Bertz CT molecular complexity index is 809. The second-order valence-corrected chi connectivity index (χ2v) is 11.7. The van der Waals surface area contributed by atoms with Crippen LogP contribution in [-0.2, 0) is 32.6 Å². The molecule has 6 nitrogen and oxygen atoms in total. The van der Waals surface area contributed by atoms with E-state index in [0.717, 1.165) is 47.6 Å². The number of hydrogen-bond donors (Lipinski definition) is 1. The third-order valence-electron chi connectivity index (χ3n) is 6.99. The summed E-state index contributed by atoms with van der Waals surface area (Å²) in [7, 11) is -3.91. The van der Waals surface area contributed by atoms with Crippen molar-refractivity contribution in [2.75, 3.05) is 12.4 Å². The van der Waals surface area contributed by atoms with Crippen molar-refractivity contribution in [1.82, 2.24) is 0 Å². The van der Waals surface area contributed by atoms with E-state index >= 15 is 0 Å². The number of carbonyl (C=O) groups excluding carboxylic acids is 1. The maximum absolute atomic E-state index is 12.9. The predicted octanol–water partition coefficient (Wildman–Crippen LogP) is 2.92. The molecule has 0 aromatic carbocycles. The van der Waals surface area contributed by atoms with Crippen molar-refractivity contribution in [3.05, 3.63) is 16.1 Å². The Balaban J connectivity index is 1.28. The maximum atomic E-state index is 12.9. The smallest absolute Gasteiger partial charge is 0.312 e. The van der Waals surface area contributed by atoms with Crippen LogP contribution >= 0.6 is 11.3 Å². The number of carbonyl (C=O) groups is 1. The van der Waals surface area contributed by atoms with Gasteiger partial charge in [0.05, 0.1) is 22.7 Å². The number of thiazole rings is 1. The Morgan fingerprint density at radius 2 is 1.86 bits per heavy atom. The molecule has 0 spiro atoms. The van der Waals surface area contributed by atoms with Crippen LogP contribution in [0.4, 0.5) is 0 Å². The van der Waals surface area contributed by atoms with Gasteiger partial charge >= 0.3 is 5.97 Å². The first-order valence-corrected chi connectivity index (χ1v) is 12.8. The molecule has 8 heteroatoms. The molecule has 0 aliphatic heterocycles. The molecule has 1 aromatic rings. The molecular formula is C20H30NO5S2+. The van der Waals surface area contributed by atoms with E-state index in [4.69, 9.17) is 9.29 Å². The summed E-state index contributed by atoms with van der Waals surface area (Å²) in [5, 5.41) is 0. The van der Waals surface area contributed by atoms with Crippen molar-refractivity contribution in [3.8, 4) is 0 Å². The molecule has 5 rings (SSSR count). The summed E-state index contributed by atoms with van der Waals surface area (Å²) in [6.45, 7) is 2.96. The van der Waals surface area contributed by atoms with Crippen LogP contribution < -0.4 is 4.57 Å². The molecule has 156 valence electrons. The van der Waals surface area contributed by atoms with Crippen molar-refractivity contribution in [1.29, 1.82) is 0 Å². The van der Waals surface area contributed by atoms with Crippen molar-refractivity contribution in [3.63, 3.8) is 0 Å². The van der Waals surface area contributed by atoms with E-state index in [1.807, 2.05) is 17.0 Å². The topological polar surface area (TPSA) is 84.5 Å². The standard InChI is InChI=1S/C20H29NO5S2/c1-14-18(27-13-21(14)4-2-6-28(23,24)25)3-5-26-19(22)20-10-15-7-16(11-20)9-17(8-15)12-20/h13,15-17H,2-12H2,1H3/p+1. The fourth-order valence-electron chi connectivity index (χ4n) is 6.08. The zero-order valence-corrected chi connectivity index (χ0v) is 18.1. The van der Waals surface area contributed by atoms with Gasteiger partial charge < -0.3 is 4.74 Å². The predicted molar refractivity (Wildman–Crippen MR) is 106 cm³/mol. The Labute approximate surface area is 171 Å². The maximum Gasteiger partial charge on any atom is 0.312 e. The molecule has 4 fully saturated rings. The van der Waals surface area contributed by atoms with Gasteiger partial charge in [-0.05, 0) is 56.3 Å². The summed E-state index contributed by atoms with van der Waals surface area (Å²) in [5.74, 6) is 2.01. The third kappa shape index (κ3) is 4.28. The summed E-state index contributed by atoms with van der Waals surface area (Å²) >= 11 is 1.60. The highest BCUT2D eigenvalue weighted by Gasteiger charge is 2.55. The van der Waals surface area contributed by atoms with Crippen LogP contribution in [-0.4, -0.2) is 31.3 Å². The molecule has 4 saturated carbocycles. The summed E-state index contributed by atoms with van der Waals surface area (Å²) in [4.78, 5) is 14.1. The molecule has 0 unspecified atom stereocenters. The first-order chi connectivity index (χ1) is 13.2. The summed E-state index contributed by atoms with van der Waals surface area (Å²) in [6.07, 6.45) is 8.12. The van der Waals surface area contributed by atoms with Crippen LogP contribution in [0.5, 0.6) is 0 Å². The van der Waals surface area contributed by atoms with Crippen LogP contribution in [0.25, 0.3) is 0 Å².